The van der Waals surface area contributed by atoms with Crippen molar-refractivity contribution in [3.8, 4) is 0 Å². The summed E-state index contributed by atoms with van der Waals surface area (Å²) in [6.45, 7) is 2.51. The van der Waals surface area contributed by atoms with Crippen LogP contribution in [0.4, 0.5) is 0 Å². The topological polar surface area (TPSA) is 38.7 Å². The highest BCUT2D eigenvalue weighted by molar-refractivity contribution is 4.76. The smallest absolute Gasteiger partial charge is 0.0599 e. The highest BCUT2D eigenvalue weighted by atomic mass is 16.5. The molecule has 3 nitrogen and oxygen atoms in total. The first kappa shape index (κ1) is 11.4. The second-order valence-electron chi connectivity index (χ2n) is 4.74. The Kier molecular flexibility index (Phi) is 4.42. The minimum Gasteiger partial charge on any atom is -0.393 e. The van der Waals surface area contributed by atoms with Crippen molar-refractivity contribution in [3.05, 3.63) is 0 Å². The molecule has 1 N–H and O–H groups in total. The molecule has 0 spiro atoms. The van der Waals surface area contributed by atoms with E-state index in [9.17, 15) is 5.11 Å². The molecule has 2 aliphatic heterocycles. The maximum Gasteiger partial charge on any atom is 0.0599 e. The molecule has 2 heterocycles. The molecule has 2 rings (SSSR count). The van der Waals surface area contributed by atoms with Gasteiger partial charge in [-0.15, -0.1) is 0 Å². The lowest BCUT2D eigenvalue weighted by atomic mass is 9.89. The van der Waals surface area contributed by atoms with E-state index in [0.29, 0.717) is 12.0 Å². The van der Waals surface area contributed by atoms with Gasteiger partial charge in [0, 0.05) is 19.8 Å². The largest absolute Gasteiger partial charge is 0.393 e. The molecule has 0 aromatic carbocycles. The highest BCUT2D eigenvalue weighted by Gasteiger charge is 2.26. The first-order chi connectivity index (χ1) is 7.36. The van der Waals surface area contributed by atoms with Crippen LogP contribution in [-0.2, 0) is 9.47 Å². The number of rotatable bonds is 3. The van der Waals surface area contributed by atoms with E-state index in [0.717, 1.165) is 45.5 Å². The molecule has 88 valence electrons. The van der Waals surface area contributed by atoms with Gasteiger partial charge < -0.3 is 14.6 Å². The quantitative estimate of drug-likeness (QED) is 0.777. The zero-order valence-corrected chi connectivity index (χ0v) is 9.36. The van der Waals surface area contributed by atoms with Crippen LogP contribution in [0.15, 0.2) is 0 Å². The van der Waals surface area contributed by atoms with E-state index in [4.69, 9.17) is 9.47 Å². The molecular weight excluding hydrogens is 192 g/mol. The van der Waals surface area contributed by atoms with Crippen molar-refractivity contribution in [2.45, 2.75) is 50.7 Å². The van der Waals surface area contributed by atoms with Gasteiger partial charge in [-0.1, -0.05) is 0 Å². The molecule has 2 unspecified atom stereocenters. The number of aliphatic hydroxyl groups is 1. The van der Waals surface area contributed by atoms with Gasteiger partial charge >= 0.3 is 0 Å². The Morgan fingerprint density at radius 3 is 2.53 bits per heavy atom. The van der Waals surface area contributed by atoms with Crippen LogP contribution in [0.25, 0.3) is 0 Å². The number of ether oxygens (including phenoxy) is 2. The summed E-state index contributed by atoms with van der Waals surface area (Å²) >= 11 is 0. The molecule has 2 atom stereocenters. The summed E-state index contributed by atoms with van der Waals surface area (Å²) in [5, 5.41) is 10.1. The minimum atomic E-state index is -0.183. The Bertz CT molecular complexity index is 172. The molecule has 0 bridgehead atoms. The van der Waals surface area contributed by atoms with Crippen molar-refractivity contribution >= 4 is 0 Å². The minimum absolute atomic E-state index is 0.183. The van der Waals surface area contributed by atoms with E-state index in [1.165, 1.54) is 12.8 Å². The maximum atomic E-state index is 10.1. The lowest BCUT2D eigenvalue weighted by molar-refractivity contribution is -0.0462. The summed E-state index contributed by atoms with van der Waals surface area (Å²) < 4.78 is 10.9. The fourth-order valence-corrected chi connectivity index (χ4v) is 2.56. The predicted molar refractivity (Wildman–Crippen MR) is 57.8 cm³/mol. The highest BCUT2D eigenvalue weighted by Crippen LogP contribution is 2.25. The van der Waals surface area contributed by atoms with Crippen LogP contribution >= 0.6 is 0 Å². The van der Waals surface area contributed by atoms with Crippen molar-refractivity contribution in [2.24, 2.45) is 5.92 Å². The molecule has 0 radical (unpaired) electrons. The van der Waals surface area contributed by atoms with Gasteiger partial charge in [-0.05, 0) is 44.4 Å². The van der Waals surface area contributed by atoms with E-state index in [-0.39, 0.29) is 6.10 Å². The van der Waals surface area contributed by atoms with Crippen molar-refractivity contribution in [1.82, 2.24) is 0 Å². The third-order valence-corrected chi connectivity index (χ3v) is 3.59. The standard InChI is InChI=1S/C12H22O3/c13-12(10-4-7-14-8-5-10)9-11-3-1-2-6-15-11/h10-13H,1-9H2. The zero-order valence-electron chi connectivity index (χ0n) is 9.36. The van der Waals surface area contributed by atoms with Crippen molar-refractivity contribution in [1.29, 1.82) is 0 Å². The molecule has 3 heteroatoms. The van der Waals surface area contributed by atoms with Crippen molar-refractivity contribution in [2.75, 3.05) is 19.8 Å². The molecule has 0 aromatic rings. The van der Waals surface area contributed by atoms with Crippen LogP contribution in [0, 0.1) is 5.92 Å². The summed E-state index contributed by atoms with van der Waals surface area (Å²) in [7, 11) is 0. The Labute approximate surface area is 91.8 Å². The lowest BCUT2D eigenvalue weighted by Gasteiger charge is -2.30. The Hall–Kier alpha value is -0.120. The Morgan fingerprint density at radius 2 is 1.87 bits per heavy atom. The zero-order chi connectivity index (χ0) is 10.5. The lowest BCUT2D eigenvalue weighted by Crippen LogP contribution is -2.32. The van der Waals surface area contributed by atoms with Crippen LogP contribution in [0.2, 0.25) is 0 Å². The van der Waals surface area contributed by atoms with Gasteiger partial charge in [0.25, 0.3) is 0 Å². The van der Waals surface area contributed by atoms with E-state index < -0.39 is 0 Å². The van der Waals surface area contributed by atoms with Gasteiger partial charge in [0.15, 0.2) is 0 Å². The molecule has 2 aliphatic rings. The maximum absolute atomic E-state index is 10.1. The van der Waals surface area contributed by atoms with E-state index in [2.05, 4.69) is 0 Å². The summed E-state index contributed by atoms with van der Waals surface area (Å²) in [6, 6.07) is 0. The van der Waals surface area contributed by atoms with E-state index >= 15 is 0 Å². The van der Waals surface area contributed by atoms with Gasteiger partial charge in [-0.25, -0.2) is 0 Å². The van der Waals surface area contributed by atoms with Gasteiger partial charge in [0.05, 0.1) is 12.2 Å². The molecule has 2 saturated heterocycles. The van der Waals surface area contributed by atoms with Crippen LogP contribution in [0.5, 0.6) is 0 Å². The average molecular weight is 214 g/mol. The van der Waals surface area contributed by atoms with E-state index in [1.54, 1.807) is 0 Å². The molecule has 2 fully saturated rings. The number of hydrogen-bond donors (Lipinski definition) is 1. The molecule has 0 amide bonds. The van der Waals surface area contributed by atoms with Gasteiger partial charge in [0.1, 0.15) is 0 Å². The van der Waals surface area contributed by atoms with Crippen LogP contribution < -0.4 is 0 Å². The first-order valence-corrected chi connectivity index (χ1v) is 6.23. The van der Waals surface area contributed by atoms with Crippen LogP contribution in [-0.4, -0.2) is 37.1 Å². The summed E-state index contributed by atoms with van der Waals surface area (Å²) in [5.41, 5.74) is 0. The van der Waals surface area contributed by atoms with Crippen LogP contribution in [0.1, 0.15) is 38.5 Å². The predicted octanol–water partition coefficient (Wildman–Crippen LogP) is 1.73. The Balaban J connectivity index is 1.72. The monoisotopic (exact) mass is 214 g/mol. The molecule has 0 aromatic heterocycles. The normalized spacial score (nSPS) is 31.4. The summed E-state index contributed by atoms with van der Waals surface area (Å²) in [6.07, 6.45) is 6.52. The van der Waals surface area contributed by atoms with E-state index in [1.807, 2.05) is 0 Å². The molecule has 0 saturated carbocycles. The Morgan fingerprint density at radius 1 is 1.07 bits per heavy atom. The molecule has 15 heavy (non-hydrogen) atoms. The number of hydrogen-bond acceptors (Lipinski definition) is 3. The summed E-state index contributed by atoms with van der Waals surface area (Å²) in [5.74, 6) is 0.435. The SMILES string of the molecule is OC(CC1CCCCO1)C1CCOCC1. The summed E-state index contributed by atoms with van der Waals surface area (Å²) in [4.78, 5) is 0. The van der Waals surface area contributed by atoms with Crippen molar-refractivity contribution in [3.63, 3.8) is 0 Å². The molecule has 0 aliphatic carbocycles. The van der Waals surface area contributed by atoms with Gasteiger partial charge in [0.2, 0.25) is 0 Å². The molecular formula is C12H22O3. The number of aliphatic hydroxyl groups excluding tert-OH is 1. The first-order valence-electron chi connectivity index (χ1n) is 6.23. The van der Waals surface area contributed by atoms with Crippen molar-refractivity contribution < 1.29 is 14.6 Å². The van der Waals surface area contributed by atoms with Gasteiger partial charge in [-0.3, -0.25) is 0 Å². The fraction of sp³-hybridized carbons (Fsp3) is 1.00. The fourth-order valence-electron chi connectivity index (χ4n) is 2.56. The average Bonchev–Trinajstić information content (AvgIpc) is 2.31. The second kappa shape index (κ2) is 5.83. The third kappa shape index (κ3) is 3.44. The van der Waals surface area contributed by atoms with Crippen LogP contribution in [0.3, 0.4) is 0 Å². The second-order valence-corrected chi connectivity index (χ2v) is 4.74. The third-order valence-electron chi connectivity index (χ3n) is 3.59. The van der Waals surface area contributed by atoms with Gasteiger partial charge in [-0.2, -0.15) is 0 Å².